The summed E-state index contributed by atoms with van der Waals surface area (Å²) in [5.74, 6) is -4.81. The molecular formula is C12H12F5. The summed E-state index contributed by atoms with van der Waals surface area (Å²) in [5.41, 5.74) is -1.04. The monoisotopic (exact) mass is 251 g/mol. The molecule has 1 aromatic carbocycles. The molecule has 0 N–H and O–H groups in total. The molecule has 1 rings (SSSR count). The Morgan fingerprint density at radius 1 is 1.06 bits per heavy atom. The lowest BCUT2D eigenvalue weighted by atomic mass is 9.97. The molecule has 0 amide bonds. The molecule has 1 radical (unpaired) electrons. The summed E-state index contributed by atoms with van der Waals surface area (Å²) >= 11 is 0. The number of benzene rings is 1. The van der Waals surface area contributed by atoms with Gasteiger partial charge in [-0.15, -0.1) is 0 Å². The summed E-state index contributed by atoms with van der Waals surface area (Å²) in [7, 11) is 0. The first-order valence-electron chi connectivity index (χ1n) is 5.18. The maximum Gasteiger partial charge on any atom is 0.458 e. The first-order valence-corrected chi connectivity index (χ1v) is 5.18. The Bertz CT molecular complexity index is 367. The Kier molecular flexibility index (Phi) is 4.11. The molecule has 0 bridgehead atoms. The third-order valence-corrected chi connectivity index (χ3v) is 2.31. The van der Waals surface area contributed by atoms with E-state index >= 15 is 0 Å². The molecule has 0 atom stereocenters. The lowest BCUT2D eigenvalue weighted by molar-refractivity contribution is -0.289. The molecule has 0 saturated carbocycles. The quantitative estimate of drug-likeness (QED) is 0.681. The normalized spacial score (nSPS) is 12.8. The van der Waals surface area contributed by atoms with E-state index in [-0.39, 0.29) is 5.56 Å². The topological polar surface area (TPSA) is 0 Å². The minimum absolute atomic E-state index is 0.0586. The standard InChI is InChI=1S/C12H12F5/c1-2-3-6-9-7-4-5-8-10(9)11(13,14)12(15,16)17/h4-8H,2-3H2,1H3. The van der Waals surface area contributed by atoms with Crippen LogP contribution in [-0.4, -0.2) is 6.18 Å². The molecule has 0 unspecified atom stereocenters. The SMILES string of the molecule is CCC[CH]c1ccccc1C(F)(F)C(F)(F)F. The van der Waals surface area contributed by atoms with Gasteiger partial charge in [-0.05, 0) is 18.4 Å². The van der Waals surface area contributed by atoms with Gasteiger partial charge in [-0.1, -0.05) is 37.6 Å². The van der Waals surface area contributed by atoms with Gasteiger partial charge in [0.2, 0.25) is 0 Å². The largest absolute Gasteiger partial charge is 0.458 e. The lowest BCUT2D eigenvalue weighted by Gasteiger charge is -2.22. The third-order valence-electron chi connectivity index (χ3n) is 2.31. The molecule has 0 spiro atoms. The maximum atomic E-state index is 13.2. The van der Waals surface area contributed by atoms with E-state index in [2.05, 4.69) is 0 Å². The number of hydrogen-bond acceptors (Lipinski definition) is 0. The zero-order valence-corrected chi connectivity index (χ0v) is 9.19. The molecule has 0 aliphatic rings. The van der Waals surface area contributed by atoms with E-state index < -0.39 is 17.7 Å². The summed E-state index contributed by atoms with van der Waals surface area (Å²) in [4.78, 5) is 0. The van der Waals surface area contributed by atoms with E-state index in [4.69, 9.17) is 0 Å². The highest BCUT2D eigenvalue weighted by Crippen LogP contribution is 2.45. The highest BCUT2D eigenvalue weighted by Gasteiger charge is 2.59. The molecule has 95 valence electrons. The van der Waals surface area contributed by atoms with Gasteiger partial charge in [-0.2, -0.15) is 22.0 Å². The number of rotatable bonds is 4. The molecule has 0 aromatic heterocycles. The second kappa shape index (κ2) is 5.02. The summed E-state index contributed by atoms with van der Waals surface area (Å²) in [6.07, 6.45) is -3.02. The van der Waals surface area contributed by atoms with Crippen LogP contribution in [-0.2, 0) is 5.92 Å². The molecular weight excluding hydrogens is 239 g/mol. The van der Waals surface area contributed by atoms with Gasteiger partial charge in [0, 0.05) is 5.56 Å². The van der Waals surface area contributed by atoms with E-state index in [1.807, 2.05) is 6.92 Å². The molecule has 0 heterocycles. The van der Waals surface area contributed by atoms with Crippen molar-refractivity contribution >= 4 is 0 Å². The second-order valence-corrected chi connectivity index (χ2v) is 3.65. The summed E-state index contributed by atoms with van der Waals surface area (Å²) in [6, 6.07) is 4.70. The van der Waals surface area contributed by atoms with Crippen LogP contribution in [0.2, 0.25) is 0 Å². The van der Waals surface area contributed by atoms with Crippen LogP contribution in [0.5, 0.6) is 0 Å². The van der Waals surface area contributed by atoms with Gasteiger partial charge in [0.25, 0.3) is 0 Å². The van der Waals surface area contributed by atoms with Crippen molar-refractivity contribution in [3.05, 3.63) is 41.8 Å². The van der Waals surface area contributed by atoms with Crippen molar-refractivity contribution in [1.82, 2.24) is 0 Å². The molecule has 0 aliphatic carbocycles. The van der Waals surface area contributed by atoms with Crippen LogP contribution in [0.1, 0.15) is 30.9 Å². The van der Waals surface area contributed by atoms with Crippen LogP contribution in [0.15, 0.2) is 24.3 Å². The Balaban J connectivity index is 3.12. The second-order valence-electron chi connectivity index (χ2n) is 3.65. The zero-order valence-electron chi connectivity index (χ0n) is 9.19. The molecule has 5 heteroatoms. The first-order chi connectivity index (χ1) is 7.80. The van der Waals surface area contributed by atoms with Crippen molar-refractivity contribution in [2.45, 2.75) is 31.9 Å². The van der Waals surface area contributed by atoms with Gasteiger partial charge in [-0.3, -0.25) is 0 Å². The maximum absolute atomic E-state index is 13.2. The Morgan fingerprint density at radius 2 is 1.65 bits per heavy atom. The van der Waals surface area contributed by atoms with Crippen LogP contribution >= 0.6 is 0 Å². The van der Waals surface area contributed by atoms with Gasteiger partial charge < -0.3 is 0 Å². The fraction of sp³-hybridized carbons (Fsp3) is 0.417. The van der Waals surface area contributed by atoms with Crippen LogP contribution in [0.3, 0.4) is 0 Å². The van der Waals surface area contributed by atoms with Crippen molar-refractivity contribution in [3.8, 4) is 0 Å². The Labute approximate surface area is 96.4 Å². The average molecular weight is 251 g/mol. The zero-order chi connectivity index (χ0) is 13.1. The van der Waals surface area contributed by atoms with Crippen LogP contribution in [0.25, 0.3) is 0 Å². The summed E-state index contributed by atoms with van der Waals surface area (Å²) in [5, 5.41) is 0. The fourth-order valence-electron chi connectivity index (χ4n) is 1.41. The Morgan fingerprint density at radius 3 is 2.18 bits per heavy atom. The fourth-order valence-corrected chi connectivity index (χ4v) is 1.41. The van der Waals surface area contributed by atoms with Gasteiger partial charge >= 0.3 is 12.1 Å². The van der Waals surface area contributed by atoms with Crippen LogP contribution in [0.4, 0.5) is 22.0 Å². The van der Waals surface area contributed by atoms with Gasteiger partial charge in [-0.25, -0.2) is 0 Å². The van der Waals surface area contributed by atoms with Crippen LogP contribution < -0.4 is 0 Å². The smallest absolute Gasteiger partial charge is 0.191 e. The summed E-state index contributed by atoms with van der Waals surface area (Å²) < 4.78 is 63.2. The predicted octanol–water partition coefficient (Wildman–Crippen LogP) is 4.69. The number of alkyl halides is 5. The lowest BCUT2D eigenvalue weighted by Crippen LogP contribution is -2.34. The van der Waals surface area contributed by atoms with E-state index in [9.17, 15) is 22.0 Å². The van der Waals surface area contributed by atoms with Crippen molar-refractivity contribution in [1.29, 1.82) is 0 Å². The minimum Gasteiger partial charge on any atom is -0.191 e. The van der Waals surface area contributed by atoms with Crippen molar-refractivity contribution in [3.63, 3.8) is 0 Å². The van der Waals surface area contributed by atoms with E-state index in [1.165, 1.54) is 24.6 Å². The molecule has 0 fully saturated rings. The molecule has 17 heavy (non-hydrogen) atoms. The molecule has 0 nitrogen and oxygen atoms in total. The van der Waals surface area contributed by atoms with Crippen molar-refractivity contribution in [2.75, 3.05) is 0 Å². The van der Waals surface area contributed by atoms with E-state index in [1.54, 1.807) is 0 Å². The van der Waals surface area contributed by atoms with Crippen molar-refractivity contribution < 1.29 is 22.0 Å². The first kappa shape index (κ1) is 13.9. The highest BCUT2D eigenvalue weighted by molar-refractivity contribution is 5.36. The van der Waals surface area contributed by atoms with Crippen LogP contribution in [0, 0.1) is 6.42 Å². The Hall–Kier alpha value is -1.13. The molecule has 1 aromatic rings. The number of hydrogen-bond donors (Lipinski definition) is 0. The third kappa shape index (κ3) is 2.96. The van der Waals surface area contributed by atoms with E-state index in [0.29, 0.717) is 12.8 Å². The molecule has 0 aliphatic heterocycles. The van der Waals surface area contributed by atoms with Crippen molar-refractivity contribution in [2.24, 2.45) is 0 Å². The predicted molar refractivity (Wildman–Crippen MR) is 54.7 cm³/mol. The van der Waals surface area contributed by atoms with Gasteiger partial charge in [0.1, 0.15) is 0 Å². The van der Waals surface area contributed by atoms with E-state index in [0.717, 1.165) is 6.07 Å². The van der Waals surface area contributed by atoms with Gasteiger partial charge in [0.15, 0.2) is 0 Å². The number of halogens is 5. The molecule has 0 saturated heterocycles. The minimum atomic E-state index is -5.57. The van der Waals surface area contributed by atoms with Gasteiger partial charge in [0.05, 0.1) is 0 Å². The number of unbranched alkanes of at least 4 members (excludes halogenated alkanes) is 1. The summed E-state index contributed by atoms with van der Waals surface area (Å²) in [6.45, 7) is 1.82. The average Bonchev–Trinajstić information content (AvgIpc) is 2.25. The highest BCUT2D eigenvalue weighted by atomic mass is 19.4.